The van der Waals surface area contributed by atoms with E-state index in [9.17, 15) is 8.42 Å². The maximum atomic E-state index is 11.8. The van der Waals surface area contributed by atoms with Gasteiger partial charge in [-0.2, -0.15) is 0 Å². The first-order valence-corrected chi connectivity index (χ1v) is 10.7. The molecule has 1 rings (SSSR count). The lowest BCUT2D eigenvalue weighted by Gasteiger charge is -2.26. The smallest absolute Gasteiger partial charge is 0.191 e. The number of sulfone groups is 1. The van der Waals surface area contributed by atoms with Crippen LogP contribution in [0.1, 0.15) is 65.7 Å². The van der Waals surface area contributed by atoms with Crippen molar-refractivity contribution in [2.45, 2.75) is 76.5 Å². The van der Waals surface area contributed by atoms with Crippen molar-refractivity contribution in [3.05, 3.63) is 0 Å². The summed E-state index contributed by atoms with van der Waals surface area (Å²) in [6.45, 7) is 5.97. The number of halogens is 1. The molecule has 7 heteroatoms. The molecule has 0 spiro atoms. The van der Waals surface area contributed by atoms with Crippen molar-refractivity contribution in [3.8, 4) is 0 Å². The van der Waals surface area contributed by atoms with Crippen molar-refractivity contribution in [3.63, 3.8) is 0 Å². The van der Waals surface area contributed by atoms with Crippen molar-refractivity contribution < 1.29 is 8.42 Å². The van der Waals surface area contributed by atoms with Gasteiger partial charge in [0.1, 0.15) is 0 Å². The summed E-state index contributed by atoms with van der Waals surface area (Å²) in [6, 6.07) is 0.337. The maximum Gasteiger partial charge on any atom is 0.191 e. The summed E-state index contributed by atoms with van der Waals surface area (Å²) in [6.07, 6.45) is 10.6. The molecular weight excluding hydrogens is 437 g/mol. The zero-order valence-electron chi connectivity index (χ0n) is 15.9. The highest BCUT2D eigenvalue weighted by molar-refractivity contribution is 14.0. The van der Waals surface area contributed by atoms with Crippen molar-refractivity contribution in [2.75, 3.05) is 19.8 Å². The first-order chi connectivity index (χ1) is 10.7. The Labute approximate surface area is 165 Å². The van der Waals surface area contributed by atoms with Crippen LogP contribution in [0.4, 0.5) is 0 Å². The van der Waals surface area contributed by atoms with Gasteiger partial charge in [0.15, 0.2) is 15.8 Å². The van der Waals surface area contributed by atoms with E-state index in [1.165, 1.54) is 44.8 Å². The number of aliphatic imine (C=N–C) groups is 1. The van der Waals surface area contributed by atoms with E-state index < -0.39 is 14.6 Å². The third kappa shape index (κ3) is 8.36. The van der Waals surface area contributed by atoms with Gasteiger partial charge in [0.25, 0.3) is 0 Å². The zero-order chi connectivity index (χ0) is 17.5. The van der Waals surface area contributed by atoms with E-state index in [1.807, 2.05) is 0 Å². The van der Waals surface area contributed by atoms with E-state index in [4.69, 9.17) is 0 Å². The van der Waals surface area contributed by atoms with E-state index in [0.717, 1.165) is 12.3 Å². The molecule has 24 heavy (non-hydrogen) atoms. The fourth-order valence-electron chi connectivity index (χ4n) is 2.89. The van der Waals surface area contributed by atoms with Gasteiger partial charge in [0.2, 0.25) is 0 Å². The number of nitrogens with zero attached hydrogens (tertiary/aromatic N) is 1. The Morgan fingerprint density at radius 2 is 1.83 bits per heavy atom. The number of hydrogen-bond acceptors (Lipinski definition) is 3. The molecule has 2 N–H and O–H groups in total. The molecule has 1 saturated carbocycles. The predicted octanol–water partition coefficient (Wildman–Crippen LogP) is 3.34. The Balaban J connectivity index is 0.00000529. The molecule has 0 heterocycles. The van der Waals surface area contributed by atoms with Gasteiger partial charge in [0, 0.05) is 25.9 Å². The SMILES string of the molecule is CN=C(NCC(C)(C)S(C)(=O)=O)NC(C)CCC1CCCCC1.I. The second-order valence-corrected chi connectivity index (χ2v) is 10.2. The molecular formula is C17H36IN3O2S. The monoisotopic (exact) mass is 473 g/mol. The van der Waals surface area contributed by atoms with Gasteiger partial charge in [-0.3, -0.25) is 4.99 Å². The quantitative estimate of drug-likeness (QED) is 0.338. The van der Waals surface area contributed by atoms with Crippen LogP contribution in [0.25, 0.3) is 0 Å². The van der Waals surface area contributed by atoms with Crippen LogP contribution in [-0.2, 0) is 9.84 Å². The molecule has 1 aliphatic rings. The highest BCUT2D eigenvalue weighted by Gasteiger charge is 2.30. The fourth-order valence-corrected chi connectivity index (χ4v) is 3.22. The van der Waals surface area contributed by atoms with Gasteiger partial charge in [-0.1, -0.05) is 32.1 Å². The number of guanidine groups is 1. The third-order valence-corrected chi connectivity index (χ3v) is 7.18. The molecule has 0 aromatic rings. The Kier molecular flexibility index (Phi) is 10.8. The van der Waals surface area contributed by atoms with Crippen LogP contribution in [0, 0.1) is 5.92 Å². The van der Waals surface area contributed by atoms with Crippen molar-refractivity contribution in [2.24, 2.45) is 10.9 Å². The van der Waals surface area contributed by atoms with Crippen LogP contribution >= 0.6 is 24.0 Å². The van der Waals surface area contributed by atoms with Gasteiger partial charge in [-0.25, -0.2) is 8.42 Å². The number of rotatable bonds is 7. The summed E-state index contributed by atoms with van der Waals surface area (Å²) in [5.41, 5.74) is 0. The molecule has 1 fully saturated rings. The molecule has 0 saturated heterocycles. The molecule has 144 valence electrons. The Bertz CT molecular complexity index is 486. The minimum absolute atomic E-state index is 0. The van der Waals surface area contributed by atoms with Crippen LogP contribution < -0.4 is 10.6 Å². The van der Waals surface area contributed by atoms with Crippen LogP contribution in [0.2, 0.25) is 0 Å². The standard InChI is InChI=1S/C17H35N3O2S.HI/c1-14(11-12-15-9-7-6-8-10-15)20-16(18-4)19-13-17(2,3)23(5,21)22;/h14-15H,6-13H2,1-5H3,(H2,18,19,20);1H. The largest absolute Gasteiger partial charge is 0.355 e. The molecule has 0 aromatic carbocycles. The molecule has 0 aliphatic heterocycles. The lowest BCUT2D eigenvalue weighted by atomic mass is 9.85. The molecule has 0 aromatic heterocycles. The van der Waals surface area contributed by atoms with Gasteiger partial charge in [-0.15, -0.1) is 24.0 Å². The number of nitrogens with one attached hydrogen (secondary N) is 2. The number of hydrogen-bond donors (Lipinski definition) is 2. The van der Waals surface area contributed by atoms with Gasteiger partial charge >= 0.3 is 0 Å². The van der Waals surface area contributed by atoms with E-state index >= 15 is 0 Å². The summed E-state index contributed by atoms with van der Waals surface area (Å²) in [4.78, 5) is 4.21. The minimum atomic E-state index is -3.10. The molecule has 1 unspecified atom stereocenters. The predicted molar refractivity (Wildman–Crippen MR) is 114 cm³/mol. The highest BCUT2D eigenvalue weighted by Crippen LogP contribution is 2.27. The summed E-state index contributed by atoms with van der Waals surface area (Å²) in [7, 11) is -1.39. The molecule has 0 bridgehead atoms. The van der Waals surface area contributed by atoms with Gasteiger partial charge < -0.3 is 10.6 Å². The van der Waals surface area contributed by atoms with Crippen LogP contribution in [-0.4, -0.2) is 45.0 Å². The molecule has 1 atom stereocenters. The lowest BCUT2D eigenvalue weighted by molar-refractivity contribution is 0.322. The maximum absolute atomic E-state index is 11.8. The highest BCUT2D eigenvalue weighted by atomic mass is 127. The third-order valence-electron chi connectivity index (χ3n) is 5.02. The first-order valence-electron chi connectivity index (χ1n) is 8.82. The lowest BCUT2D eigenvalue weighted by Crippen LogP contribution is -2.49. The van der Waals surface area contributed by atoms with E-state index in [1.54, 1.807) is 20.9 Å². The average Bonchev–Trinajstić information content (AvgIpc) is 2.49. The normalized spacial score (nSPS) is 18.6. The van der Waals surface area contributed by atoms with Crippen LogP contribution in [0.5, 0.6) is 0 Å². The fraction of sp³-hybridized carbons (Fsp3) is 0.941. The topological polar surface area (TPSA) is 70.6 Å². The molecule has 5 nitrogen and oxygen atoms in total. The summed E-state index contributed by atoms with van der Waals surface area (Å²) >= 11 is 0. The summed E-state index contributed by atoms with van der Waals surface area (Å²) in [5.74, 6) is 1.56. The van der Waals surface area contributed by atoms with Crippen LogP contribution in [0.15, 0.2) is 4.99 Å². The first kappa shape index (κ1) is 23.9. The Morgan fingerprint density at radius 1 is 1.25 bits per heavy atom. The average molecular weight is 473 g/mol. The van der Waals surface area contributed by atoms with Gasteiger partial charge in [0.05, 0.1) is 4.75 Å². The second-order valence-electron chi connectivity index (χ2n) is 7.58. The molecule has 1 aliphatic carbocycles. The zero-order valence-corrected chi connectivity index (χ0v) is 19.0. The van der Waals surface area contributed by atoms with E-state index in [0.29, 0.717) is 18.5 Å². The Hall–Kier alpha value is -0.0500. The van der Waals surface area contributed by atoms with Crippen molar-refractivity contribution in [1.82, 2.24) is 10.6 Å². The summed E-state index contributed by atoms with van der Waals surface area (Å²) in [5, 5.41) is 6.52. The summed E-state index contributed by atoms with van der Waals surface area (Å²) < 4.78 is 22.7. The van der Waals surface area contributed by atoms with Crippen LogP contribution in [0.3, 0.4) is 0 Å². The van der Waals surface area contributed by atoms with Crippen molar-refractivity contribution in [1.29, 1.82) is 0 Å². The van der Waals surface area contributed by atoms with Crippen molar-refractivity contribution >= 4 is 39.8 Å². The van der Waals surface area contributed by atoms with Gasteiger partial charge in [-0.05, 0) is 39.5 Å². The Morgan fingerprint density at radius 3 is 2.33 bits per heavy atom. The van der Waals surface area contributed by atoms with E-state index in [2.05, 4.69) is 22.5 Å². The van der Waals surface area contributed by atoms with E-state index in [-0.39, 0.29) is 24.0 Å². The second kappa shape index (κ2) is 10.8. The molecule has 0 amide bonds. The minimum Gasteiger partial charge on any atom is -0.355 e. The molecule has 0 radical (unpaired) electrons.